The second-order valence-corrected chi connectivity index (χ2v) is 7.08. The Bertz CT molecular complexity index is 667. The minimum atomic E-state index is -0.0805. The van der Waals surface area contributed by atoms with Crippen molar-refractivity contribution in [3.8, 4) is 0 Å². The number of piperidine rings is 1. The van der Waals surface area contributed by atoms with E-state index in [1.807, 2.05) is 18.2 Å². The number of nitrogens with one attached hydrogen (secondary N) is 1. The molecular weight excluding hydrogens is 324 g/mol. The summed E-state index contributed by atoms with van der Waals surface area (Å²) in [6.45, 7) is 2.50. The van der Waals surface area contributed by atoms with Gasteiger partial charge < -0.3 is 10.4 Å². The highest BCUT2D eigenvalue weighted by Crippen LogP contribution is 2.22. The SMILES string of the molecule is O=C(NCC(CO)N1CCC(Cc2ccccc2)CC1)c1ccccc1. The van der Waals surface area contributed by atoms with Crippen LogP contribution in [-0.4, -0.2) is 48.2 Å². The van der Waals surface area contributed by atoms with Crippen LogP contribution in [0.25, 0.3) is 0 Å². The van der Waals surface area contributed by atoms with Crippen LogP contribution in [-0.2, 0) is 6.42 Å². The van der Waals surface area contributed by atoms with Crippen molar-refractivity contribution in [3.63, 3.8) is 0 Å². The molecule has 4 nitrogen and oxygen atoms in total. The third-order valence-corrected chi connectivity index (χ3v) is 5.28. The van der Waals surface area contributed by atoms with Gasteiger partial charge in [-0.3, -0.25) is 9.69 Å². The quantitative estimate of drug-likeness (QED) is 0.806. The Morgan fingerprint density at radius 2 is 1.65 bits per heavy atom. The van der Waals surface area contributed by atoms with Crippen molar-refractivity contribution in [3.05, 3.63) is 71.8 Å². The summed E-state index contributed by atoms with van der Waals surface area (Å²) in [7, 11) is 0. The predicted octanol–water partition coefficient (Wildman–Crippen LogP) is 2.73. The minimum Gasteiger partial charge on any atom is -0.395 e. The zero-order valence-corrected chi connectivity index (χ0v) is 15.2. The lowest BCUT2D eigenvalue weighted by atomic mass is 9.89. The Hall–Kier alpha value is -2.17. The van der Waals surface area contributed by atoms with E-state index in [1.54, 1.807) is 12.1 Å². The molecule has 26 heavy (non-hydrogen) atoms. The van der Waals surface area contributed by atoms with Crippen LogP contribution >= 0.6 is 0 Å². The standard InChI is InChI=1S/C22H28N2O2/c25-17-21(16-23-22(26)20-9-5-2-6-10-20)24-13-11-19(12-14-24)15-18-7-3-1-4-8-18/h1-10,19,21,25H,11-17H2,(H,23,26). The number of aliphatic hydroxyl groups is 1. The normalized spacial score (nSPS) is 17.0. The summed E-state index contributed by atoms with van der Waals surface area (Å²) >= 11 is 0. The second kappa shape index (κ2) is 9.51. The zero-order chi connectivity index (χ0) is 18.2. The fraction of sp³-hybridized carbons (Fsp3) is 0.409. The molecule has 0 aliphatic carbocycles. The van der Waals surface area contributed by atoms with E-state index in [4.69, 9.17) is 0 Å². The second-order valence-electron chi connectivity index (χ2n) is 7.08. The van der Waals surface area contributed by atoms with E-state index in [0.717, 1.165) is 32.4 Å². The number of benzene rings is 2. The van der Waals surface area contributed by atoms with Crippen molar-refractivity contribution >= 4 is 5.91 Å². The van der Waals surface area contributed by atoms with Crippen LogP contribution in [0.3, 0.4) is 0 Å². The molecule has 138 valence electrons. The first-order valence-corrected chi connectivity index (χ1v) is 9.48. The van der Waals surface area contributed by atoms with Crippen LogP contribution < -0.4 is 5.32 Å². The summed E-state index contributed by atoms with van der Waals surface area (Å²) in [5, 5.41) is 12.7. The lowest BCUT2D eigenvalue weighted by Gasteiger charge is -2.37. The molecule has 2 aromatic carbocycles. The van der Waals surface area contributed by atoms with Crippen LogP contribution in [0, 0.1) is 5.92 Å². The topological polar surface area (TPSA) is 52.6 Å². The highest BCUT2D eigenvalue weighted by Gasteiger charge is 2.25. The van der Waals surface area contributed by atoms with Crippen molar-refractivity contribution < 1.29 is 9.90 Å². The maximum Gasteiger partial charge on any atom is 0.251 e. The Labute approximate surface area is 155 Å². The third kappa shape index (κ3) is 5.16. The van der Waals surface area contributed by atoms with Crippen molar-refractivity contribution in [1.82, 2.24) is 10.2 Å². The monoisotopic (exact) mass is 352 g/mol. The number of rotatable bonds is 7. The van der Waals surface area contributed by atoms with Gasteiger partial charge in [0.25, 0.3) is 5.91 Å². The highest BCUT2D eigenvalue weighted by molar-refractivity contribution is 5.94. The van der Waals surface area contributed by atoms with Gasteiger partial charge in [0.15, 0.2) is 0 Å². The van der Waals surface area contributed by atoms with E-state index in [0.29, 0.717) is 18.0 Å². The van der Waals surface area contributed by atoms with E-state index in [9.17, 15) is 9.90 Å². The van der Waals surface area contributed by atoms with Crippen LogP contribution in [0.15, 0.2) is 60.7 Å². The van der Waals surface area contributed by atoms with Gasteiger partial charge in [-0.05, 0) is 56.0 Å². The van der Waals surface area contributed by atoms with Gasteiger partial charge >= 0.3 is 0 Å². The molecule has 0 aromatic heterocycles. The number of carbonyl (C=O) groups excluding carboxylic acids is 1. The number of nitrogens with zero attached hydrogens (tertiary/aromatic N) is 1. The van der Waals surface area contributed by atoms with E-state index in [-0.39, 0.29) is 18.6 Å². The van der Waals surface area contributed by atoms with Gasteiger partial charge in [-0.1, -0.05) is 48.5 Å². The summed E-state index contributed by atoms with van der Waals surface area (Å²) in [4.78, 5) is 14.5. The molecule has 4 heteroatoms. The zero-order valence-electron chi connectivity index (χ0n) is 15.2. The molecule has 1 atom stereocenters. The molecular formula is C22H28N2O2. The van der Waals surface area contributed by atoms with Crippen molar-refractivity contribution in [2.45, 2.75) is 25.3 Å². The first-order chi connectivity index (χ1) is 12.8. The third-order valence-electron chi connectivity index (χ3n) is 5.28. The van der Waals surface area contributed by atoms with E-state index < -0.39 is 0 Å². The van der Waals surface area contributed by atoms with Gasteiger partial charge in [0.2, 0.25) is 0 Å². The fourth-order valence-electron chi connectivity index (χ4n) is 3.68. The molecule has 1 fully saturated rings. The van der Waals surface area contributed by atoms with Crippen molar-refractivity contribution in [2.24, 2.45) is 5.92 Å². The van der Waals surface area contributed by atoms with Gasteiger partial charge in [0, 0.05) is 12.1 Å². The summed E-state index contributed by atoms with van der Waals surface area (Å²) in [5.74, 6) is 0.620. The van der Waals surface area contributed by atoms with E-state index in [2.05, 4.69) is 40.5 Å². The average molecular weight is 352 g/mol. The number of hydrogen-bond acceptors (Lipinski definition) is 3. The lowest BCUT2D eigenvalue weighted by Crippen LogP contribution is -2.49. The summed E-state index contributed by atoms with van der Waals surface area (Å²) in [5.41, 5.74) is 2.06. The Balaban J connectivity index is 1.45. The molecule has 0 saturated carbocycles. The average Bonchev–Trinajstić information content (AvgIpc) is 2.71. The Kier molecular flexibility index (Phi) is 6.81. The van der Waals surface area contributed by atoms with Gasteiger partial charge in [0.1, 0.15) is 0 Å². The van der Waals surface area contributed by atoms with Gasteiger partial charge in [-0.2, -0.15) is 0 Å². The lowest BCUT2D eigenvalue weighted by molar-refractivity contribution is 0.0778. The summed E-state index contributed by atoms with van der Waals surface area (Å²) < 4.78 is 0. The fourth-order valence-corrected chi connectivity index (χ4v) is 3.68. The van der Waals surface area contributed by atoms with Crippen LogP contribution in [0.4, 0.5) is 0 Å². The highest BCUT2D eigenvalue weighted by atomic mass is 16.3. The molecule has 1 saturated heterocycles. The van der Waals surface area contributed by atoms with Crippen molar-refractivity contribution in [1.29, 1.82) is 0 Å². The Morgan fingerprint density at radius 3 is 2.27 bits per heavy atom. The van der Waals surface area contributed by atoms with Gasteiger partial charge in [-0.15, -0.1) is 0 Å². The maximum atomic E-state index is 12.2. The number of likely N-dealkylation sites (tertiary alicyclic amines) is 1. The predicted molar refractivity (Wildman–Crippen MR) is 104 cm³/mol. The first-order valence-electron chi connectivity index (χ1n) is 9.48. The molecule has 1 unspecified atom stereocenters. The molecule has 2 aromatic rings. The van der Waals surface area contributed by atoms with Crippen molar-refractivity contribution in [2.75, 3.05) is 26.2 Å². The number of aliphatic hydroxyl groups excluding tert-OH is 1. The minimum absolute atomic E-state index is 0.0136. The number of carbonyl (C=O) groups is 1. The molecule has 1 amide bonds. The van der Waals surface area contributed by atoms with E-state index >= 15 is 0 Å². The van der Waals surface area contributed by atoms with Crippen LogP contribution in [0.2, 0.25) is 0 Å². The molecule has 0 bridgehead atoms. The van der Waals surface area contributed by atoms with E-state index in [1.165, 1.54) is 5.56 Å². The maximum absolute atomic E-state index is 12.2. The number of hydrogen-bond donors (Lipinski definition) is 2. The van der Waals surface area contributed by atoms with Gasteiger partial charge in [0.05, 0.1) is 12.6 Å². The van der Waals surface area contributed by atoms with Crippen LogP contribution in [0.1, 0.15) is 28.8 Å². The Morgan fingerprint density at radius 1 is 1.04 bits per heavy atom. The molecule has 1 heterocycles. The largest absolute Gasteiger partial charge is 0.395 e. The molecule has 0 radical (unpaired) electrons. The summed E-state index contributed by atoms with van der Waals surface area (Å²) in [6.07, 6.45) is 3.40. The van der Waals surface area contributed by atoms with Crippen LogP contribution in [0.5, 0.6) is 0 Å². The molecule has 0 spiro atoms. The molecule has 3 rings (SSSR count). The molecule has 2 N–H and O–H groups in total. The first kappa shape index (κ1) is 18.6. The molecule has 1 aliphatic rings. The van der Waals surface area contributed by atoms with Gasteiger partial charge in [-0.25, -0.2) is 0 Å². The smallest absolute Gasteiger partial charge is 0.251 e. The molecule has 1 aliphatic heterocycles. The summed E-state index contributed by atoms with van der Waals surface area (Å²) in [6, 6.07) is 19.9. The number of amides is 1.